The van der Waals surface area contributed by atoms with Gasteiger partial charge in [-0.3, -0.25) is 0 Å². The molecule has 0 amide bonds. The van der Waals surface area contributed by atoms with Crippen molar-refractivity contribution in [1.29, 1.82) is 0 Å². The summed E-state index contributed by atoms with van der Waals surface area (Å²) >= 11 is 0. The van der Waals surface area contributed by atoms with Gasteiger partial charge in [-0.1, -0.05) is 6.58 Å². The van der Waals surface area contributed by atoms with Gasteiger partial charge in [-0.2, -0.15) is 0 Å². The van der Waals surface area contributed by atoms with Gasteiger partial charge in [0.1, 0.15) is 6.61 Å². The highest BCUT2D eigenvalue weighted by Crippen LogP contribution is 2.57. The van der Waals surface area contributed by atoms with E-state index in [1.807, 2.05) is 0 Å². The molecular formula is C12H24O2P+. The van der Waals surface area contributed by atoms with E-state index in [1.165, 1.54) is 18.5 Å². The Bertz CT molecular complexity index is 211. The molecule has 0 saturated carbocycles. The fraction of sp³-hybridized carbons (Fsp3) is 0.750. The van der Waals surface area contributed by atoms with Crippen LogP contribution in [-0.2, 0) is 9.53 Å². The van der Waals surface area contributed by atoms with Crippen LogP contribution in [0.5, 0.6) is 0 Å². The Morgan fingerprint density at radius 2 is 1.67 bits per heavy atom. The summed E-state index contributed by atoms with van der Waals surface area (Å²) in [4.78, 5) is 11.2. The number of hydrogen-bond donors (Lipinski definition) is 0. The van der Waals surface area contributed by atoms with Gasteiger partial charge in [0.05, 0.1) is 24.6 Å². The van der Waals surface area contributed by atoms with Gasteiger partial charge >= 0.3 is 5.97 Å². The maximum Gasteiger partial charge on any atom is 0.333 e. The molecule has 0 aromatic carbocycles. The lowest BCUT2D eigenvalue weighted by molar-refractivity contribution is -0.138. The van der Waals surface area contributed by atoms with Crippen LogP contribution >= 0.6 is 7.26 Å². The summed E-state index contributed by atoms with van der Waals surface area (Å²) in [6.07, 6.45) is 4.83. The van der Waals surface area contributed by atoms with Crippen molar-refractivity contribution in [3.63, 3.8) is 0 Å². The molecule has 0 fully saturated rings. The second kappa shape index (κ2) is 7.00. The zero-order chi connectivity index (χ0) is 11.9. The van der Waals surface area contributed by atoms with Gasteiger partial charge in [0, 0.05) is 12.8 Å². The highest BCUT2D eigenvalue weighted by atomic mass is 31.2. The molecule has 2 nitrogen and oxygen atoms in total. The van der Waals surface area contributed by atoms with E-state index in [9.17, 15) is 4.79 Å². The zero-order valence-corrected chi connectivity index (χ0v) is 11.4. The lowest BCUT2D eigenvalue weighted by Crippen LogP contribution is -2.15. The molecule has 0 atom stereocenters. The van der Waals surface area contributed by atoms with Crippen molar-refractivity contribution in [1.82, 2.24) is 0 Å². The van der Waals surface area contributed by atoms with Gasteiger partial charge in [-0.15, -0.1) is 0 Å². The van der Waals surface area contributed by atoms with Crippen molar-refractivity contribution in [2.75, 3.05) is 31.3 Å². The normalized spacial score (nSPS) is 11.2. The van der Waals surface area contributed by atoms with E-state index in [4.69, 9.17) is 4.74 Å². The van der Waals surface area contributed by atoms with Crippen LogP contribution in [0.1, 0.15) is 27.7 Å². The standard InChI is InChI=1S/C12H24O2P/c1-6-15(7-2,8-3)10-9-14-12(13)11(4)5/h4,6-10H2,1-3,5H3/q+1. The number of carbonyl (C=O) groups excluding carboxylic acids is 1. The Morgan fingerprint density at radius 3 is 2.00 bits per heavy atom. The van der Waals surface area contributed by atoms with Crippen molar-refractivity contribution in [2.45, 2.75) is 27.7 Å². The monoisotopic (exact) mass is 231 g/mol. The summed E-state index contributed by atoms with van der Waals surface area (Å²) in [7, 11) is -0.832. The largest absolute Gasteiger partial charge is 0.458 e. The van der Waals surface area contributed by atoms with Crippen molar-refractivity contribution in [3.05, 3.63) is 12.2 Å². The van der Waals surface area contributed by atoms with Crippen LogP contribution in [0.15, 0.2) is 12.2 Å². The molecular weight excluding hydrogens is 207 g/mol. The molecule has 0 spiro atoms. The maximum atomic E-state index is 11.2. The number of hydrogen-bond acceptors (Lipinski definition) is 2. The van der Waals surface area contributed by atoms with Crippen LogP contribution in [0, 0.1) is 0 Å². The summed E-state index contributed by atoms with van der Waals surface area (Å²) in [6.45, 7) is 12.6. The van der Waals surface area contributed by atoms with E-state index in [0.717, 1.165) is 6.16 Å². The Kier molecular flexibility index (Phi) is 6.84. The van der Waals surface area contributed by atoms with Crippen molar-refractivity contribution >= 4 is 13.2 Å². The Hall–Kier alpha value is -0.360. The van der Waals surface area contributed by atoms with E-state index in [1.54, 1.807) is 6.92 Å². The summed E-state index contributed by atoms with van der Waals surface area (Å²) in [5.74, 6) is -0.253. The third-order valence-electron chi connectivity index (χ3n) is 3.16. The van der Waals surface area contributed by atoms with Gasteiger partial charge in [-0.25, -0.2) is 4.79 Å². The minimum atomic E-state index is -0.832. The topological polar surface area (TPSA) is 26.3 Å². The number of rotatable bonds is 7. The second-order valence-corrected chi connectivity index (χ2v) is 8.96. The van der Waals surface area contributed by atoms with Crippen LogP contribution < -0.4 is 0 Å². The molecule has 3 heteroatoms. The number of ether oxygens (including phenoxy) is 1. The molecule has 0 aliphatic rings. The predicted octanol–water partition coefficient (Wildman–Crippen LogP) is 3.18. The van der Waals surface area contributed by atoms with Crippen LogP contribution in [-0.4, -0.2) is 37.2 Å². The van der Waals surface area contributed by atoms with E-state index in [-0.39, 0.29) is 5.97 Å². The smallest absolute Gasteiger partial charge is 0.333 e. The Balaban J connectivity index is 4.02. The van der Waals surface area contributed by atoms with Crippen LogP contribution in [0.3, 0.4) is 0 Å². The molecule has 0 aliphatic carbocycles. The predicted molar refractivity (Wildman–Crippen MR) is 69.2 cm³/mol. The van der Waals surface area contributed by atoms with Crippen molar-refractivity contribution < 1.29 is 9.53 Å². The lowest BCUT2D eigenvalue weighted by atomic mass is 10.4. The third-order valence-corrected chi connectivity index (χ3v) is 8.32. The molecule has 0 saturated heterocycles. The molecule has 0 aromatic heterocycles. The molecule has 0 aromatic rings. The Labute approximate surface area is 94.4 Å². The Morgan fingerprint density at radius 1 is 1.20 bits per heavy atom. The molecule has 0 N–H and O–H groups in total. The second-order valence-electron chi connectivity index (χ2n) is 3.93. The fourth-order valence-corrected chi connectivity index (χ4v) is 4.37. The number of esters is 1. The first-order valence-electron chi connectivity index (χ1n) is 5.69. The van der Waals surface area contributed by atoms with E-state index in [2.05, 4.69) is 27.4 Å². The first-order valence-corrected chi connectivity index (χ1v) is 8.22. The molecule has 15 heavy (non-hydrogen) atoms. The van der Waals surface area contributed by atoms with Gasteiger partial charge < -0.3 is 4.74 Å². The van der Waals surface area contributed by atoms with Crippen LogP contribution in [0.25, 0.3) is 0 Å². The van der Waals surface area contributed by atoms with Gasteiger partial charge in [-0.05, 0) is 27.7 Å². The number of carbonyl (C=O) groups is 1. The minimum absolute atomic E-state index is 0.253. The average molecular weight is 231 g/mol. The van der Waals surface area contributed by atoms with Crippen molar-refractivity contribution in [2.24, 2.45) is 0 Å². The van der Waals surface area contributed by atoms with Gasteiger partial charge in [0.15, 0.2) is 0 Å². The molecule has 0 aliphatic heterocycles. The maximum absolute atomic E-state index is 11.2. The fourth-order valence-electron chi connectivity index (χ4n) is 1.60. The zero-order valence-electron chi connectivity index (χ0n) is 10.5. The summed E-state index contributed by atoms with van der Waals surface area (Å²) in [5, 5.41) is 0. The van der Waals surface area contributed by atoms with Crippen molar-refractivity contribution in [3.8, 4) is 0 Å². The lowest BCUT2D eigenvalue weighted by Gasteiger charge is -2.23. The summed E-state index contributed by atoms with van der Waals surface area (Å²) in [5.41, 5.74) is 0.489. The van der Waals surface area contributed by atoms with Crippen LogP contribution in [0.2, 0.25) is 0 Å². The highest BCUT2D eigenvalue weighted by molar-refractivity contribution is 7.75. The SMILES string of the molecule is C=C(C)C(=O)OCC[P+](CC)(CC)CC. The summed E-state index contributed by atoms with van der Waals surface area (Å²) in [6, 6.07) is 0. The molecule has 0 heterocycles. The first kappa shape index (κ1) is 14.6. The minimum Gasteiger partial charge on any atom is -0.458 e. The molecule has 0 rings (SSSR count). The van der Waals surface area contributed by atoms with Crippen LogP contribution in [0.4, 0.5) is 0 Å². The quantitative estimate of drug-likeness (QED) is 0.382. The van der Waals surface area contributed by atoms with E-state index in [0.29, 0.717) is 12.2 Å². The molecule has 88 valence electrons. The van der Waals surface area contributed by atoms with Gasteiger partial charge in [0.2, 0.25) is 0 Å². The summed E-state index contributed by atoms with van der Waals surface area (Å²) < 4.78 is 5.15. The molecule has 0 radical (unpaired) electrons. The third kappa shape index (κ3) is 4.79. The molecule has 0 bridgehead atoms. The van der Waals surface area contributed by atoms with E-state index >= 15 is 0 Å². The highest BCUT2D eigenvalue weighted by Gasteiger charge is 2.30. The van der Waals surface area contributed by atoms with E-state index < -0.39 is 7.26 Å². The van der Waals surface area contributed by atoms with Gasteiger partial charge in [0.25, 0.3) is 0 Å². The first-order chi connectivity index (χ1) is 7.01. The average Bonchev–Trinajstić information content (AvgIpc) is 2.24. The molecule has 0 unspecified atom stereocenters.